The number of halogens is 2. The number of nitrogens with one attached hydrogen (secondary N) is 2. The Morgan fingerprint density at radius 3 is 2.21 bits per heavy atom. The predicted molar refractivity (Wildman–Crippen MR) is 112 cm³/mol. The molecule has 0 aliphatic carbocycles. The summed E-state index contributed by atoms with van der Waals surface area (Å²) in [6, 6.07) is 16.8. The molecule has 0 atom stereocenters. The Morgan fingerprint density at radius 1 is 0.966 bits per heavy atom. The van der Waals surface area contributed by atoms with Crippen molar-refractivity contribution in [3.8, 4) is 0 Å². The number of amides is 1. The summed E-state index contributed by atoms with van der Waals surface area (Å²) in [5.41, 5.74) is 1.96. The molecule has 3 aromatic carbocycles. The van der Waals surface area contributed by atoms with Gasteiger partial charge in [0.15, 0.2) is 0 Å². The third-order valence-electron chi connectivity index (χ3n) is 4.15. The van der Waals surface area contributed by atoms with E-state index in [9.17, 15) is 17.6 Å². The zero-order valence-corrected chi connectivity index (χ0v) is 17.0. The summed E-state index contributed by atoms with van der Waals surface area (Å²) in [6.07, 6.45) is -0.236. The summed E-state index contributed by atoms with van der Waals surface area (Å²) in [5.74, 6) is -1.03. The lowest BCUT2D eigenvalue weighted by Gasteiger charge is -2.10. The Bertz CT molecular complexity index is 1110. The lowest BCUT2D eigenvalue weighted by atomic mass is 10.1. The number of hydrogen-bond acceptors (Lipinski definition) is 3. The zero-order valence-electron chi connectivity index (χ0n) is 15.4. The molecule has 0 spiro atoms. The maximum absolute atomic E-state index is 13.8. The molecule has 0 aromatic heterocycles. The van der Waals surface area contributed by atoms with Gasteiger partial charge in [0.05, 0.1) is 11.3 Å². The van der Waals surface area contributed by atoms with Crippen LogP contribution in [0.5, 0.6) is 0 Å². The van der Waals surface area contributed by atoms with Gasteiger partial charge >= 0.3 is 0 Å². The molecule has 0 fully saturated rings. The molecule has 0 aliphatic heterocycles. The average Bonchev–Trinajstić information content (AvgIpc) is 2.67. The maximum Gasteiger partial charge on any atom is 0.261 e. The van der Waals surface area contributed by atoms with Crippen LogP contribution in [-0.2, 0) is 21.2 Å². The molecular formula is C21H18ClFN2O3S. The molecule has 29 heavy (non-hydrogen) atoms. The van der Waals surface area contributed by atoms with Gasteiger partial charge in [-0.15, -0.1) is 0 Å². The molecule has 5 nitrogen and oxygen atoms in total. The minimum absolute atomic E-state index is 0.0493. The van der Waals surface area contributed by atoms with Crippen LogP contribution in [0.15, 0.2) is 71.6 Å². The summed E-state index contributed by atoms with van der Waals surface area (Å²) >= 11 is 5.93. The first-order chi connectivity index (χ1) is 13.7. The molecular weight excluding hydrogens is 415 g/mol. The summed E-state index contributed by atoms with van der Waals surface area (Å²) in [6.45, 7) is 1.91. The van der Waals surface area contributed by atoms with E-state index in [4.69, 9.17) is 11.6 Å². The highest BCUT2D eigenvalue weighted by Crippen LogP contribution is 2.21. The number of benzene rings is 3. The van der Waals surface area contributed by atoms with Crippen molar-refractivity contribution < 1.29 is 17.6 Å². The van der Waals surface area contributed by atoms with Crippen LogP contribution in [-0.4, -0.2) is 14.3 Å². The number of rotatable bonds is 6. The molecule has 8 heteroatoms. The standard InChI is InChI=1S/C21H18ClFN2O3S/c1-14-5-7-16(8-6-14)25-29(27,28)17-11-9-15(10-12-17)24-21(26)13-18-19(22)3-2-4-20(18)23/h2-12,25H,13H2,1H3,(H,24,26). The number of carbonyl (C=O) groups excluding carboxylic acids is 1. The second-order valence-electron chi connectivity index (χ2n) is 6.42. The van der Waals surface area contributed by atoms with Crippen molar-refractivity contribution in [1.29, 1.82) is 0 Å². The Labute approximate surface area is 173 Å². The number of hydrogen-bond donors (Lipinski definition) is 2. The lowest BCUT2D eigenvalue weighted by molar-refractivity contribution is -0.115. The van der Waals surface area contributed by atoms with Crippen molar-refractivity contribution in [2.45, 2.75) is 18.2 Å². The summed E-state index contributed by atoms with van der Waals surface area (Å²) in [5, 5.41) is 2.77. The van der Waals surface area contributed by atoms with Crippen molar-refractivity contribution in [3.05, 3.63) is 88.7 Å². The molecule has 0 unspecified atom stereocenters. The topological polar surface area (TPSA) is 75.3 Å². The van der Waals surface area contributed by atoms with Gasteiger partial charge in [-0.05, 0) is 55.5 Å². The Balaban J connectivity index is 1.68. The normalized spacial score (nSPS) is 11.1. The minimum atomic E-state index is -3.76. The first kappa shape index (κ1) is 20.8. The van der Waals surface area contributed by atoms with Crippen LogP contribution >= 0.6 is 11.6 Å². The first-order valence-electron chi connectivity index (χ1n) is 8.67. The van der Waals surface area contributed by atoms with Gasteiger partial charge in [-0.25, -0.2) is 12.8 Å². The molecule has 3 rings (SSSR count). The van der Waals surface area contributed by atoms with Gasteiger partial charge in [-0.1, -0.05) is 35.4 Å². The third kappa shape index (κ3) is 5.34. The van der Waals surface area contributed by atoms with E-state index in [-0.39, 0.29) is 21.9 Å². The fourth-order valence-corrected chi connectivity index (χ4v) is 3.91. The fraction of sp³-hybridized carbons (Fsp3) is 0.0952. The van der Waals surface area contributed by atoms with Crippen LogP contribution in [0.2, 0.25) is 5.02 Å². The molecule has 0 saturated heterocycles. The third-order valence-corrected chi connectivity index (χ3v) is 5.90. The van der Waals surface area contributed by atoms with E-state index in [0.717, 1.165) is 5.56 Å². The summed E-state index contributed by atoms with van der Waals surface area (Å²) in [4.78, 5) is 12.2. The monoisotopic (exact) mass is 432 g/mol. The van der Waals surface area contributed by atoms with Crippen LogP contribution in [0.25, 0.3) is 0 Å². The van der Waals surface area contributed by atoms with Crippen molar-refractivity contribution in [2.24, 2.45) is 0 Å². The highest BCUT2D eigenvalue weighted by molar-refractivity contribution is 7.92. The Morgan fingerprint density at radius 2 is 1.59 bits per heavy atom. The summed E-state index contributed by atoms with van der Waals surface area (Å²) < 4.78 is 41.3. The van der Waals surface area contributed by atoms with E-state index in [1.165, 1.54) is 42.5 Å². The van der Waals surface area contributed by atoms with Crippen molar-refractivity contribution >= 4 is 38.9 Å². The van der Waals surface area contributed by atoms with E-state index >= 15 is 0 Å². The van der Waals surface area contributed by atoms with Crippen LogP contribution < -0.4 is 10.0 Å². The number of anilines is 2. The van der Waals surface area contributed by atoms with Gasteiger partial charge < -0.3 is 5.32 Å². The molecule has 2 N–H and O–H groups in total. The Kier molecular flexibility index (Phi) is 6.20. The SMILES string of the molecule is Cc1ccc(NS(=O)(=O)c2ccc(NC(=O)Cc3c(F)cccc3Cl)cc2)cc1. The summed E-state index contributed by atoms with van der Waals surface area (Å²) in [7, 11) is -3.76. The largest absolute Gasteiger partial charge is 0.326 e. The number of carbonyl (C=O) groups is 1. The molecule has 0 bridgehead atoms. The van der Waals surface area contributed by atoms with Crippen molar-refractivity contribution in [2.75, 3.05) is 10.0 Å². The van der Waals surface area contributed by atoms with Gasteiger partial charge in [0.25, 0.3) is 10.0 Å². The molecule has 0 saturated carbocycles. The fourth-order valence-electron chi connectivity index (χ4n) is 2.62. The molecule has 1 amide bonds. The average molecular weight is 433 g/mol. The molecule has 3 aromatic rings. The van der Waals surface area contributed by atoms with Gasteiger partial charge in [0.1, 0.15) is 5.82 Å². The zero-order chi connectivity index (χ0) is 21.0. The van der Waals surface area contributed by atoms with E-state index in [1.54, 1.807) is 24.3 Å². The number of sulfonamides is 1. The molecule has 0 aliphatic rings. The van der Waals surface area contributed by atoms with Crippen LogP contribution in [0, 0.1) is 12.7 Å². The van der Waals surface area contributed by atoms with E-state index in [2.05, 4.69) is 10.0 Å². The van der Waals surface area contributed by atoms with E-state index in [1.807, 2.05) is 6.92 Å². The first-order valence-corrected chi connectivity index (χ1v) is 10.5. The van der Waals surface area contributed by atoms with Gasteiger partial charge in [0, 0.05) is 22.0 Å². The maximum atomic E-state index is 13.8. The van der Waals surface area contributed by atoms with Crippen LogP contribution in [0.3, 0.4) is 0 Å². The van der Waals surface area contributed by atoms with Gasteiger partial charge in [-0.2, -0.15) is 0 Å². The van der Waals surface area contributed by atoms with Crippen LogP contribution in [0.4, 0.5) is 15.8 Å². The smallest absolute Gasteiger partial charge is 0.261 e. The highest BCUT2D eigenvalue weighted by Gasteiger charge is 2.15. The lowest BCUT2D eigenvalue weighted by Crippen LogP contribution is -2.16. The van der Waals surface area contributed by atoms with Crippen molar-refractivity contribution in [1.82, 2.24) is 0 Å². The highest BCUT2D eigenvalue weighted by atomic mass is 35.5. The van der Waals surface area contributed by atoms with Gasteiger partial charge in [0.2, 0.25) is 5.91 Å². The number of aryl methyl sites for hydroxylation is 1. The molecule has 150 valence electrons. The second kappa shape index (κ2) is 8.63. The van der Waals surface area contributed by atoms with E-state index < -0.39 is 21.7 Å². The molecule has 0 radical (unpaired) electrons. The minimum Gasteiger partial charge on any atom is -0.326 e. The molecule has 0 heterocycles. The van der Waals surface area contributed by atoms with Crippen LogP contribution in [0.1, 0.15) is 11.1 Å². The van der Waals surface area contributed by atoms with Gasteiger partial charge in [-0.3, -0.25) is 9.52 Å². The van der Waals surface area contributed by atoms with Crippen molar-refractivity contribution in [3.63, 3.8) is 0 Å². The predicted octanol–water partition coefficient (Wildman–Crippen LogP) is 4.77. The Hall–Kier alpha value is -2.90. The van der Waals surface area contributed by atoms with E-state index in [0.29, 0.717) is 11.4 Å². The second-order valence-corrected chi connectivity index (χ2v) is 8.51. The quantitative estimate of drug-likeness (QED) is 0.589.